The Morgan fingerprint density at radius 2 is 1.91 bits per heavy atom. The first-order valence-electron chi connectivity index (χ1n) is 8.66. The topological polar surface area (TPSA) is 49.3 Å². The van der Waals surface area contributed by atoms with Crippen molar-refractivity contribution in [1.82, 2.24) is 5.32 Å². The van der Waals surface area contributed by atoms with E-state index in [9.17, 15) is 9.90 Å². The predicted octanol–water partition coefficient (Wildman–Crippen LogP) is 3.24. The van der Waals surface area contributed by atoms with Crippen molar-refractivity contribution >= 4 is 5.91 Å². The van der Waals surface area contributed by atoms with Gasteiger partial charge in [0.1, 0.15) is 0 Å². The van der Waals surface area contributed by atoms with E-state index in [4.69, 9.17) is 0 Å². The highest BCUT2D eigenvalue weighted by Crippen LogP contribution is 2.50. The minimum absolute atomic E-state index is 0.160. The van der Waals surface area contributed by atoms with Crippen LogP contribution in [0.25, 0.3) is 0 Å². The van der Waals surface area contributed by atoms with Crippen LogP contribution in [0.15, 0.2) is 30.3 Å². The summed E-state index contributed by atoms with van der Waals surface area (Å²) in [6.07, 6.45) is 5.16. The summed E-state index contributed by atoms with van der Waals surface area (Å²) in [5, 5.41) is 12.7. The number of benzene rings is 1. The van der Waals surface area contributed by atoms with E-state index in [1.807, 2.05) is 0 Å². The van der Waals surface area contributed by atoms with E-state index in [1.54, 1.807) is 0 Å². The highest BCUT2D eigenvalue weighted by atomic mass is 16.3. The van der Waals surface area contributed by atoms with Crippen LogP contribution in [0, 0.1) is 11.8 Å². The Balaban J connectivity index is 1.42. The molecule has 1 amide bonds. The second kappa shape index (κ2) is 6.82. The van der Waals surface area contributed by atoms with E-state index in [0.29, 0.717) is 24.2 Å². The van der Waals surface area contributed by atoms with Gasteiger partial charge >= 0.3 is 0 Å². The Bertz CT molecular complexity index is 493. The molecule has 0 heterocycles. The standard InChI is InChI=1S/C19H27NO2/c1-13(14-5-3-2-4-6-14)18-11-15(18)12-19(22)20-16-7-9-17(21)10-8-16/h2-6,13,15-18,21H,7-12H2,1H3,(H,20,22). The predicted molar refractivity (Wildman–Crippen MR) is 87.5 cm³/mol. The van der Waals surface area contributed by atoms with Crippen molar-refractivity contribution in [3.63, 3.8) is 0 Å². The maximum Gasteiger partial charge on any atom is 0.220 e. The van der Waals surface area contributed by atoms with Gasteiger partial charge in [0.2, 0.25) is 5.91 Å². The molecule has 0 saturated heterocycles. The first-order valence-corrected chi connectivity index (χ1v) is 8.66. The Morgan fingerprint density at radius 1 is 1.23 bits per heavy atom. The molecule has 2 aliphatic carbocycles. The van der Waals surface area contributed by atoms with Gasteiger partial charge in [-0.3, -0.25) is 4.79 Å². The summed E-state index contributed by atoms with van der Waals surface area (Å²) in [6, 6.07) is 10.9. The number of aliphatic hydroxyl groups excluding tert-OH is 1. The van der Waals surface area contributed by atoms with Gasteiger partial charge in [-0.05, 0) is 55.4 Å². The van der Waals surface area contributed by atoms with Gasteiger partial charge in [-0.2, -0.15) is 0 Å². The van der Waals surface area contributed by atoms with Gasteiger partial charge in [-0.15, -0.1) is 0 Å². The third-order valence-corrected chi connectivity index (χ3v) is 5.45. The molecule has 1 aromatic carbocycles. The molecule has 2 fully saturated rings. The van der Waals surface area contributed by atoms with Crippen LogP contribution >= 0.6 is 0 Å². The Morgan fingerprint density at radius 3 is 2.59 bits per heavy atom. The summed E-state index contributed by atoms with van der Waals surface area (Å²) in [5.74, 6) is 1.95. The van der Waals surface area contributed by atoms with Crippen LogP contribution in [0.3, 0.4) is 0 Å². The number of hydrogen-bond acceptors (Lipinski definition) is 2. The summed E-state index contributed by atoms with van der Waals surface area (Å²) in [6.45, 7) is 2.28. The van der Waals surface area contributed by atoms with Crippen molar-refractivity contribution < 1.29 is 9.90 Å². The molecule has 2 aliphatic rings. The van der Waals surface area contributed by atoms with E-state index in [0.717, 1.165) is 25.7 Å². The van der Waals surface area contributed by atoms with Crippen molar-refractivity contribution in [2.45, 2.75) is 63.5 Å². The second-order valence-electron chi connectivity index (χ2n) is 7.14. The fraction of sp³-hybridized carbons (Fsp3) is 0.632. The van der Waals surface area contributed by atoms with Crippen molar-refractivity contribution in [2.24, 2.45) is 11.8 Å². The molecule has 2 saturated carbocycles. The Hall–Kier alpha value is -1.35. The number of rotatable bonds is 5. The fourth-order valence-electron chi connectivity index (χ4n) is 3.87. The largest absolute Gasteiger partial charge is 0.393 e. The average molecular weight is 301 g/mol. The third kappa shape index (κ3) is 3.89. The van der Waals surface area contributed by atoms with Crippen LogP contribution in [-0.2, 0) is 4.79 Å². The SMILES string of the molecule is CC(c1ccccc1)C1CC1CC(=O)NC1CCC(O)CC1. The number of nitrogens with one attached hydrogen (secondary N) is 1. The monoisotopic (exact) mass is 301 g/mol. The minimum atomic E-state index is -0.160. The van der Waals surface area contributed by atoms with E-state index >= 15 is 0 Å². The summed E-state index contributed by atoms with van der Waals surface area (Å²) >= 11 is 0. The zero-order valence-electron chi connectivity index (χ0n) is 13.4. The van der Waals surface area contributed by atoms with Crippen LogP contribution in [-0.4, -0.2) is 23.2 Å². The third-order valence-electron chi connectivity index (χ3n) is 5.45. The highest BCUT2D eigenvalue weighted by Gasteiger charge is 2.42. The normalized spacial score (nSPS) is 32.3. The molecule has 0 radical (unpaired) electrons. The number of carbonyl (C=O) groups is 1. The fourth-order valence-corrected chi connectivity index (χ4v) is 3.87. The van der Waals surface area contributed by atoms with Crippen molar-refractivity contribution in [3.05, 3.63) is 35.9 Å². The lowest BCUT2D eigenvalue weighted by atomic mass is 9.92. The zero-order valence-corrected chi connectivity index (χ0v) is 13.4. The lowest BCUT2D eigenvalue weighted by Gasteiger charge is -2.26. The average Bonchev–Trinajstić information content (AvgIpc) is 3.28. The molecule has 3 nitrogen and oxygen atoms in total. The van der Waals surface area contributed by atoms with Gasteiger partial charge in [-0.25, -0.2) is 0 Å². The van der Waals surface area contributed by atoms with E-state index in [-0.39, 0.29) is 18.1 Å². The van der Waals surface area contributed by atoms with Gasteiger partial charge in [0.05, 0.1) is 6.10 Å². The minimum Gasteiger partial charge on any atom is -0.393 e. The first-order chi connectivity index (χ1) is 10.6. The second-order valence-corrected chi connectivity index (χ2v) is 7.14. The van der Waals surface area contributed by atoms with Gasteiger partial charge in [-0.1, -0.05) is 37.3 Å². The maximum atomic E-state index is 12.2. The van der Waals surface area contributed by atoms with E-state index in [1.165, 1.54) is 12.0 Å². The van der Waals surface area contributed by atoms with Crippen LogP contribution in [0.1, 0.15) is 56.9 Å². The van der Waals surface area contributed by atoms with E-state index in [2.05, 4.69) is 42.6 Å². The molecule has 3 unspecified atom stereocenters. The Kier molecular flexibility index (Phi) is 4.82. The van der Waals surface area contributed by atoms with Crippen LogP contribution in [0.2, 0.25) is 0 Å². The van der Waals surface area contributed by atoms with Crippen LogP contribution < -0.4 is 5.32 Å². The Labute approximate surface area is 133 Å². The van der Waals surface area contributed by atoms with Crippen LogP contribution in [0.5, 0.6) is 0 Å². The summed E-state index contributed by atoms with van der Waals surface area (Å²) < 4.78 is 0. The highest BCUT2D eigenvalue weighted by molar-refractivity contribution is 5.77. The molecule has 0 aliphatic heterocycles. The molecule has 120 valence electrons. The molecule has 0 aromatic heterocycles. The number of amides is 1. The van der Waals surface area contributed by atoms with Crippen molar-refractivity contribution in [3.8, 4) is 0 Å². The molecule has 2 N–H and O–H groups in total. The molecule has 3 atom stereocenters. The molecular weight excluding hydrogens is 274 g/mol. The quantitative estimate of drug-likeness (QED) is 0.877. The number of aliphatic hydroxyl groups is 1. The maximum absolute atomic E-state index is 12.2. The molecule has 1 aromatic rings. The lowest BCUT2D eigenvalue weighted by molar-refractivity contribution is -0.122. The molecule has 0 bridgehead atoms. The number of carbonyl (C=O) groups excluding carboxylic acids is 1. The first kappa shape index (κ1) is 15.5. The van der Waals surface area contributed by atoms with Crippen LogP contribution in [0.4, 0.5) is 0 Å². The number of hydrogen-bond donors (Lipinski definition) is 2. The van der Waals surface area contributed by atoms with Gasteiger partial charge < -0.3 is 10.4 Å². The summed E-state index contributed by atoms with van der Waals surface area (Å²) in [5.41, 5.74) is 1.39. The molecule has 0 spiro atoms. The smallest absolute Gasteiger partial charge is 0.220 e. The zero-order chi connectivity index (χ0) is 15.5. The molecular formula is C19H27NO2. The van der Waals surface area contributed by atoms with Gasteiger partial charge in [0.25, 0.3) is 0 Å². The molecule has 22 heavy (non-hydrogen) atoms. The van der Waals surface area contributed by atoms with E-state index < -0.39 is 0 Å². The lowest BCUT2D eigenvalue weighted by Crippen LogP contribution is -2.38. The van der Waals surface area contributed by atoms with Gasteiger partial charge in [0, 0.05) is 12.5 Å². The van der Waals surface area contributed by atoms with Gasteiger partial charge in [0.15, 0.2) is 0 Å². The molecule has 3 heteroatoms. The summed E-state index contributed by atoms with van der Waals surface area (Å²) in [4.78, 5) is 12.2. The van der Waals surface area contributed by atoms with Crippen molar-refractivity contribution in [1.29, 1.82) is 0 Å². The van der Waals surface area contributed by atoms with Crippen molar-refractivity contribution in [2.75, 3.05) is 0 Å². The summed E-state index contributed by atoms with van der Waals surface area (Å²) in [7, 11) is 0. The molecule has 3 rings (SSSR count).